The van der Waals surface area contributed by atoms with E-state index in [1.165, 1.54) is 18.7 Å². The Balaban J connectivity index is 1.75. The predicted molar refractivity (Wildman–Crippen MR) is 120 cm³/mol. The molecule has 0 saturated carbocycles. The van der Waals surface area contributed by atoms with E-state index in [2.05, 4.69) is 20.6 Å². The fourth-order valence-corrected chi connectivity index (χ4v) is 3.93. The van der Waals surface area contributed by atoms with Gasteiger partial charge in [-0.1, -0.05) is 18.7 Å². The highest BCUT2D eigenvalue weighted by Gasteiger charge is 2.18. The summed E-state index contributed by atoms with van der Waals surface area (Å²) in [5.41, 5.74) is 3.12. The molecule has 0 unspecified atom stereocenters. The maximum atomic E-state index is 13.0. The molecule has 0 bridgehead atoms. The Labute approximate surface area is 178 Å². The van der Waals surface area contributed by atoms with E-state index < -0.39 is 0 Å². The van der Waals surface area contributed by atoms with Crippen LogP contribution in [0.3, 0.4) is 0 Å². The molecule has 9 heteroatoms. The molecule has 3 aromatic rings. The van der Waals surface area contributed by atoms with Crippen molar-refractivity contribution < 1.29 is 9.59 Å². The standard InChI is InChI=1S/C21H25N5O3S/c1-5-13(3)26-20(29)19-17(10-12(2)22-19)25-21(26)30-11-18(28)24-16-8-6-15(7-9-16)23-14(4)27/h6-10,13,22H,5,11H2,1-4H3,(H,23,27)(H,24,28)/t13-/m0/s1. The molecule has 3 N–H and O–H groups in total. The third kappa shape index (κ3) is 4.91. The highest BCUT2D eigenvalue weighted by atomic mass is 32.2. The Morgan fingerprint density at radius 2 is 1.83 bits per heavy atom. The number of H-pyrrole nitrogens is 1. The molecule has 2 aromatic heterocycles. The summed E-state index contributed by atoms with van der Waals surface area (Å²) in [6.07, 6.45) is 0.771. The first-order valence-electron chi connectivity index (χ1n) is 9.70. The van der Waals surface area contributed by atoms with E-state index in [4.69, 9.17) is 0 Å². The highest BCUT2D eigenvalue weighted by molar-refractivity contribution is 7.99. The first-order valence-corrected chi connectivity index (χ1v) is 10.7. The lowest BCUT2D eigenvalue weighted by Crippen LogP contribution is -2.26. The number of thioether (sulfide) groups is 1. The Morgan fingerprint density at radius 1 is 1.20 bits per heavy atom. The van der Waals surface area contributed by atoms with Crippen LogP contribution in [0, 0.1) is 6.92 Å². The van der Waals surface area contributed by atoms with Crippen LogP contribution >= 0.6 is 11.8 Å². The summed E-state index contributed by atoms with van der Waals surface area (Å²) >= 11 is 1.24. The minimum Gasteiger partial charge on any atom is -0.353 e. The minimum atomic E-state index is -0.206. The number of benzene rings is 1. The van der Waals surface area contributed by atoms with Crippen molar-refractivity contribution in [3.63, 3.8) is 0 Å². The van der Waals surface area contributed by atoms with Gasteiger partial charge in [-0.3, -0.25) is 19.0 Å². The molecule has 0 aliphatic rings. The summed E-state index contributed by atoms with van der Waals surface area (Å²) in [7, 11) is 0. The van der Waals surface area contributed by atoms with Crippen LogP contribution in [0.15, 0.2) is 40.3 Å². The second kappa shape index (κ2) is 9.17. The molecule has 2 amide bonds. The number of aryl methyl sites for hydroxylation is 1. The smallest absolute Gasteiger partial charge is 0.278 e. The number of hydrogen-bond acceptors (Lipinski definition) is 5. The van der Waals surface area contributed by atoms with Crippen LogP contribution in [0.25, 0.3) is 11.0 Å². The van der Waals surface area contributed by atoms with Gasteiger partial charge in [0, 0.05) is 30.0 Å². The molecule has 2 heterocycles. The van der Waals surface area contributed by atoms with Crippen LogP contribution in [0.2, 0.25) is 0 Å². The molecular formula is C21H25N5O3S. The monoisotopic (exact) mass is 427 g/mol. The summed E-state index contributed by atoms with van der Waals surface area (Å²) < 4.78 is 1.65. The molecule has 0 fully saturated rings. The molecule has 30 heavy (non-hydrogen) atoms. The Kier molecular flexibility index (Phi) is 6.61. The van der Waals surface area contributed by atoms with Gasteiger partial charge in [0.2, 0.25) is 11.8 Å². The zero-order chi connectivity index (χ0) is 21.8. The minimum absolute atomic E-state index is 0.0371. The Hall–Kier alpha value is -3.07. The number of anilines is 2. The topological polar surface area (TPSA) is 109 Å². The number of carbonyl (C=O) groups excluding carboxylic acids is 2. The van der Waals surface area contributed by atoms with E-state index in [-0.39, 0.29) is 29.2 Å². The van der Waals surface area contributed by atoms with Crippen molar-refractivity contribution in [1.29, 1.82) is 0 Å². The van der Waals surface area contributed by atoms with Crippen molar-refractivity contribution in [3.8, 4) is 0 Å². The van der Waals surface area contributed by atoms with Crippen molar-refractivity contribution in [2.45, 2.75) is 45.3 Å². The third-order valence-corrected chi connectivity index (χ3v) is 5.59. The summed E-state index contributed by atoms with van der Waals surface area (Å²) in [6.45, 7) is 7.29. The van der Waals surface area contributed by atoms with Crippen LogP contribution in [0.4, 0.5) is 11.4 Å². The molecule has 3 rings (SSSR count). The Morgan fingerprint density at radius 3 is 2.43 bits per heavy atom. The van der Waals surface area contributed by atoms with Gasteiger partial charge in [-0.2, -0.15) is 0 Å². The number of fused-ring (bicyclic) bond motifs is 1. The van der Waals surface area contributed by atoms with Gasteiger partial charge in [-0.25, -0.2) is 4.98 Å². The lowest BCUT2D eigenvalue weighted by atomic mass is 10.2. The van der Waals surface area contributed by atoms with Crippen LogP contribution in [-0.2, 0) is 9.59 Å². The van der Waals surface area contributed by atoms with Gasteiger partial charge in [0.25, 0.3) is 5.56 Å². The molecule has 1 atom stereocenters. The van der Waals surface area contributed by atoms with E-state index in [9.17, 15) is 14.4 Å². The molecule has 1 aromatic carbocycles. The number of nitrogens with one attached hydrogen (secondary N) is 3. The largest absolute Gasteiger partial charge is 0.353 e. The predicted octanol–water partition coefficient (Wildman–Crippen LogP) is 3.69. The summed E-state index contributed by atoms with van der Waals surface area (Å²) in [4.78, 5) is 44.2. The molecule has 0 spiro atoms. The summed E-state index contributed by atoms with van der Waals surface area (Å²) in [5.74, 6) is -0.245. The lowest BCUT2D eigenvalue weighted by Gasteiger charge is -2.17. The van der Waals surface area contributed by atoms with E-state index in [0.29, 0.717) is 27.6 Å². The zero-order valence-corrected chi connectivity index (χ0v) is 18.2. The van der Waals surface area contributed by atoms with Crippen molar-refractivity contribution in [2.75, 3.05) is 16.4 Å². The SMILES string of the molecule is CC[C@H](C)n1c(SCC(=O)Nc2ccc(NC(C)=O)cc2)nc2cc(C)[nH]c2c1=O. The van der Waals surface area contributed by atoms with Crippen LogP contribution in [0.1, 0.15) is 38.9 Å². The number of aromatic nitrogens is 3. The maximum absolute atomic E-state index is 13.0. The van der Waals surface area contributed by atoms with Gasteiger partial charge >= 0.3 is 0 Å². The van der Waals surface area contributed by atoms with Crippen molar-refractivity contribution in [3.05, 3.63) is 46.4 Å². The summed E-state index contributed by atoms with van der Waals surface area (Å²) in [5, 5.41) is 6.02. The number of carbonyl (C=O) groups is 2. The van der Waals surface area contributed by atoms with E-state index in [0.717, 1.165) is 12.1 Å². The number of hydrogen-bond donors (Lipinski definition) is 3. The van der Waals surface area contributed by atoms with Gasteiger partial charge in [-0.05, 0) is 50.6 Å². The average Bonchev–Trinajstić information content (AvgIpc) is 3.07. The quantitative estimate of drug-likeness (QED) is 0.394. The fourth-order valence-electron chi connectivity index (χ4n) is 3.03. The van der Waals surface area contributed by atoms with Crippen LogP contribution < -0.4 is 16.2 Å². The first-order chi connectivity index (χ1) is 14.3. The van der Waals surface area contributed by atoms with Gasteiger partial charge in [0.15, 0.2) is 5.16 Å². The molecular weight excluding hydrogens is 402 g/mol. The van der Waals surface area contributed by atoms with Gasteiger partial charge in [0.1, 0.15) is 5.52 Å². The third-order valence-electron chi connectivity index (χ3n) is 4.64. The molecule has 0 aliphatic carbocycles. The van der Waals surface area contributed by atoms with Gasteiger partial charge in [0.05, 0.1) is 11.3 Å². The maximum Gasteiger partial charge on any atom is 0.278 e. The highest BCUT2D eigenvalue weighted by Crippen LogP contribution is 2.23. The van der Waals surface area contributed by atoms with Gasteiger partial charge in [-0.15, -0.1) is 0 Å². The second-order valence-corrected chi connectivity index (χ2v) is 8.08. The molecule has 0 aliphatic heterocycles. The molecule has 0 radical (unpaired) electrons. The van der Waals surface area contributed by atoms with E-state index in [1.54, 1.807) is 28.8 Å². The molecule has 8 nitrogen and oxygen atoms in total. The average molecular weight is 428 g/mol. The number of nitrogens with zero attached hydrogens (tertiary/aromatic N) is 2. The van der Waals surface area contributed by atoms with Gasteiger partial charge < -0.3 is 15.6 Å². The Bertz CT molecular complexity index is 1130. The second-order valence-electron chi connectivity index (χ2n) is 7.13. The summed E-state index contributed by atoms with van der Waals surface area (Å²) in [6, 6.07) is 8.66. The zero-order valence-electron chi connectivity index (χ0n) is 17.4. The van der Waals surface area contributed by atoms with Crippen molar-refractivity contribution in [2.24, 2.45) is 0 Å². The first kappa shape index (κ1) is 21.6. The number of rotatable bonds is 7. The molecule has 0 saturated heterocycles. The van der Waals surface area contributed by atoms with Crippen LogP contribution in [-0.4, -0.2) is 32.1 Å². The number of aromatic amines is 1. The van der Waals surface area contributed by atoms with Crippen molar-refractivity contribution >= 4 is 46.0 Å². The lowest BCUT2D eigenvalue weighted by molar-refractivity contribution is -0.114. The van der Waals surface area contributed by atoms with E-state index in [1.807, 2.05) is 26.8 Å². The van der Waals surface area contributed by atoms with Crippen molar-refractivity contribution in [1.82, 2.24) is 14.5 Å². The number of amides is 2. The van der Waals surface area contributed by atoms with Crippen LogP contribution in [0.5, 0.6) is 0 Å². The molecule has 158 valence electrons. The fraction of sp³-hybridized carbons (Fsp3) is 0.333. The normalized spacial score (nSPS) is 12.0. The van der Waals surface area contributed by atoms with E-state index >= 15 is 0 Å².